The summed E-state index contributed by atoms with van der Waals surface area (Å²) in [5.41, 5.74) is 5.68. The van der Waals surface area contributed by atoms with E-state index in [9.17, 15) is 4.39 Å². The molecule has 0 aromatic heterocycles. The number of anilines is 2. The zero-order valence-corrected chi connectivity index (χ0v) is 15.6. The standard InChI is InChI=1S/C23H23FN4/c24-22-14-8-7-13-21(22)23(26-25-19-9-3-1-4-10-19)28-17-15-27(16-18-28)20-11-5-2-6-12-20/h1-14,25H,15-18H2. The molecular formula is C23H23FN4. The second-order valence-corrected chi connectivity index (χ2v) is 6.70. The van der Waals surface area contributed by atoms with Gasteiger partial charge in [-0.25, -0.2) is 4.39 Å². The molecule has 1 aliphatic heterocycles. The molecule has 1 heterocycles. The molecule has 0 atom stereocenters. The molecule has 28 heavy (non-hydrogen) atoms. The van der Waals surface area contributed by atoms with Gasteiger partial charge in [0.1, 0.15) is 5.82 Å². The predicted octanol–water partition coefficient (Wildman–Crippen LogP) is 4.42. The highest BCUT2D eigenvalue weighted by Crippen LogP contribution is 2.19. The van der Waals surface area contributed by atoms with Gasteiger partial charge in [-0.3, -0.25) is 5.43 Å². The third-order valence-electron chi connectivity index (χ3n) is 4.88. The number of hydrogen-bond donors (Lipinski definition) is 1. The first-order chi connectivity index (χ1) is 13.8. The van der Waals surface area contributed by atoms with Crippen molar-refractivity contribution in [2.24, 2.45) is 5.10 Å². The number of halogens is 1. The summed E-state index contributed by atoms with van der Waals surface area (Å²) < 4.78 is 14.5. The van der Waals surface area contributed by atoms with Crippen molar-refractivity contribution in [2.45, 2.75) is 0 Å². The first-order valence-electron chi connectivity index (χ1n) is 9.50. The number of piperazine rings is 1. The van der Waals surface area contributed by atoms with Crippen LogP contribution in [0.1, 0.15) is 5.56 Å². The average Bonchev–Trinajstić information content (AvgIpc) is 2.77. The molecule has 0 unspecified atom stereocenters. The van der Waals surface area contributed by atoms with E-state index >= 15 is 0 Å². The SMILES string of the molecule is Fc1ccccc1C(=NNc1ccccc1)N1CCN(c2ccccc2)CC1. The molecule has 4 rings (SSSR count). The summed E-state index contributed by atoms with van der Waals surface area (Å²) in [5.74, 6) is 0.372. The largest absolute Gasteiger partial charge is 0.368 e. The highest BCUT2D eigenvalue weighted by molar-refractivity contribution is 5.99. The normalized spacial score (nSPS) is 14.8. The lowest BCUT2D eigenvalue weighted by Gasteiger charge is -2.37. The number of nitrogens with one attached hydrogen (secondary N) is 1. The lowest BCUT2D eigenvalue weighted by Crippen LogP contribution is -2.49. The molecule has 0 bridgehead atoms. The molecule has 1 saturated heterocycles. The maximum absolute atomic E-state index is 14.5. The Labute approximate surface area is 164 Å². The predicted molar refractivity (Wildman–Crippen MR) is 113 cm³/mol. The Hall–Kier alpha value is -3.34. The monoisotopic (exact) mass is 374 g/mol. The van der Waals surface area contributed by atoms with Gasteiger partial charge in [0.2, 0.25) is 0 Å². The lowest BCUT2D eigenvalue weighted by molar-refractivity contribution is 0.384. The Morgan fingerprint density at radius 3 is 2.04 bits per heavy atom. The summed E-state index contributed by atoms with van der Waals surface area (Å²) in [5, 5.41) is 4.58. The minimum absolute atomic E-state index is 0.262. The van der Waals surface area contributed by atoms with E-state index in [1.165, 1.54) is 11.8 Å². The van der Waals surface area contributed by atoms with Crippen LogP contribution in [0.4, 0.5) is 15.8 Å². The minimum Gasteiger partial charge on any atom is -0.368 e. The summed E-state index contributed by atoms with van der Waals surface area (Å²) in [4.78, 5) is 4.49. The maximum Gasteiger partial charge on any atom is 0.159 e. The third kappa shape index (κ3) is 4.14. The zero-order chi connectivity index (χ0) is 19.2. The van der Waals surface area contributed by atoms with Crippen LogP contribution in [0.15, 0.2) is 90.0 Å². The van der Waals surface area contributed by atoms with Crippen LogP contribution < -0.4 is 10.3 Å². The highest BCUT2D eigenvalue weighted by atomic mass is 19.1. The van der Waals surface area contributed by atoms with Gasteiger partial charge in [-0.2, -0.15) is 5.10 Å². The number of hydrazone groups is 1. The fourth-order valence-corrected chi connectivity index (χ4v) is 3.39. The molecule has 0 aliphatic carbocycles. The van der Waals surface area contributed by atoms with Crippen molar-refractivity contribution in [1.82, 2.24) is 4.90 Å². The second-order valence-electron chi connectivity index (χ2n) is 6.70. The molecule has 1 aliphatic rings. The van der Waals surface area contributed by atoms with Crippen LogP contribution in [0.25, 0.3) is 0 Å². The van der Waals surface area contributed by atoms with Gasteiger partial charge in [-0.15, -0.1) is 0 Å². The number of amidine groups is 1. The third-order valence-corrected chi connectivity index (χ3v) is 4.88. The van der Waals surface area contributed by atoms with Crippen molar-refractivity contribution in [2.75, 3.05) is 36.5 Å². The van der Waals surface area contributed by atoms with Crippen LogP contribution in [-0.4, -0.2) is 36.9 Å². The molecule has 1 fully saturated rings. The van der Waals surface area contributed by atoms with Crippen molar-refractivity contribution < 1.29 is 4.39 Å². The first kappa shape index (κ1) is 18.0. The van der Waals surface area contributed by atoms with Crippen LogP contribution in [-0.2, 0) is 0 Å². The van der Waals surface area contributed by atoms with Gasteiger partial charge in [0, 0.05) is 31.9 Å². The van der Waals surface area contributed by atoms with E-state index in [2.05, 4.69) is 44.6 Å². The van der Waals surface area contributed by atoms with Crippen molar-refractivity contribution >= 4 is 17.2 Å². The van der Waals surface area contributed by atoms with Crippen LogP contribution in [0.5, 0.6) is 0 Å². The van der Waals surface area contributed by atoms with Crippen LogP contribution >= 0.6 is 0 Å². The Morgan fingerprint density at radius 1 is 0.750 bits per heavy atom. The topological polar surface area (TPSA) is 30.9 Å². The van der Waals surface area contributed by atoms with Gasteiger partial charge >= 0.3 is 0 Å². The molecule has 1 N–H and O–H groups in total. The van der Waals surface area contributed by atoms with Gasteiger partial charge in [0.25, 0.3) is 0 Å². The van der Waals surface area contributed by atoms with Gasteiger partial charge in [-0.1, -0.05) is 48.5 Å². The summed E-state index contributed by atoms with van der Waals surface area (Å²) in [6, 6.07) is 26.9. The van der Waals surface area contributed by atoms with E-state index in [0.29, 0.717) is 11.4 Å². The van der Waals surface area contributed by atoms with Crippen molar-refractivity contribution in [3.8, 4) is 0 Å². The Bertz CT molecular complexity index is 920. The van der Waals surface area contributed by atoms with Crippen molar-refractivity contribution in [1.29, 1.82) is 0 Å². The number of nitrogens with zero attached hydrogens (tertiary/aromatic N) is 3. The van der Waals surface area contributed by atoms with E-state index < -0.39 is 0 Å². The maximum atomic E-state index is 14.5. The molecule has 5 heteroatoms. The van der Waals surface area contributed by atoms with Crippen LogP contribution in [0.2, 0.25) is 0 Å². The molecule has 4 nitrogen and oxygen atoms in total. The Kier molecular flexibility index (Phi) is 5.52. The summed E-state index contributed by atoms with van der Waals surface area (Å²) in [6.07, 6.45) is 0. The molecule has 0 amide bonds. The molecule has 3 aromatic rings. The van der Waals surface area contributed by atoms with Gasteiger partial charge in [0.15, 0.2) is 5.84 Å². The summed E-state index contributed by atoms with van der Waals surface area (Å²) >= 11 is 0. The zero-order valence-electron chi connectivity index (χ0n) is 15.6. The van der Waals surface area contributed by atoms with E-state index in [-0.39, 0.29) is 5.82 Å². The number of para-hydroxylation sites is 2. The molecule has 0 radical (unpaired) electrons. The molecule has 142 valence electrons. The number of hydrogen-bond acceptors (Lipinski definition) is 3. The van der Waals surface area contributed by atoms with Crippen LogP contribution in [0.3, 0.4) is 0 Å². The van der Waals surface area contributed by atoms with E-state index in [1.54, 1.807) is 12.1 Å². The second kappa shape index (κ2) is 8.57. The average molecular weight is 374 g/mol. The molecular weight excluding hydrogens is 351 g/mol. The lowest BCUT2D eigenvalue weighted by atomic mass is 10.1. The minimum atomic E-state index is -0.262. The molecule has 3 aromatic carbocycles. The fraction of sp³-hybridized carbons (Fsp3) is 0.174. The first-order valence-corrected chi connectivity index (χ1v) is 9.50. The molecule has 0 spiro atoms. The smallest absolute Gasteiger partial charge is 0.159 e. The van der Waals surface area contributed by atoms with Crippen molar-refractivity contribution in [3.05, 3.63) is 96.3 Å². The van der Waals surface area contributed by atoms with E-state index in [1.807, 2.05) is 42.5 Å². The quantitative estimate of drug-likeness (QED) is 0.417. The van der Waals surface area contributed by atoms with Gasteiger partial charge < -0.3 is 9.80 Å². The Morgan fingerprint density at radius 2 is 1.36 bits per heavy atom. The van der Waals surface area contributed by atoms with E-state index in [0.717, 1.165) is 31.9 Å². The fourth-order valence-electron chi connectivity index (χ4n) is 3.39. The van der Waals surface area contributed by atoms with Gasteiger partial charge in [0.05, 0.1) is 11.3 Å². The Balaban J connectivity index is 1.55. The van der Waals surface area contributed by atoms with E-state index in [4.69, 9.17) is 0 Å². The van der Waals surface area contributed by atoms with Crippen LogP contribution in [0, 0.1) is 5.82 Å². The number of rotatable bonds is 4. The van der Waals surface area contributed by atoms with Crippen molar-refractivity contribution in [3.63, 3.8) is 0 Å². The highest BCUT2D eigenvalue weighted by Gasteiger charge is 2.23. The molecule has 0 saturated carbocycles. The summed E-state index contributed by atoms with van der Waals surface area (Å²) in [6.45, 7) is 3.28. The summed E-state index contributed by atoms with van der Waals surface area (Å²) in [7, 11) is 0. The van der Waals surface area contributed by atoms with Gasteiger partial charge in [-0.05, 0) is 36.4 Å². The number of benzene rings is 3.